The summed E-state index contributed by atoms with van der Waals surface area (Å²) >= 11 is 21.6. The second kappa shape index (κ2) is 8.76. The Morgan fingerprint density at radius 3 is 0.655 bits per heavy atom. The van der Waals surface area contributed by atoms with Gasteiger partial charge in [0.1, 0.15) is 0 Å². The Hall–Kier alpha value is -1.40. The van der Waals surface area contributed by atoms with Crippen molar-refractivity contribution >= 4 is 77.4 Å². The Bertz CT molecular complexity index is 916. The molecule has 4 aromatic carbocycles. The molecule has 0 spiro atoms. The molecule has 0 aliphatic carbocycles. The van der Waals surface area contributed by atoms with E-state index < -0.39 is 13.6 Å². The van der Waals surface area contributed by atoms with Crippen LogP contribution in [-0.2, 0) is 0 Å². The van der Waals surface area contributed by atoms with Crippen molar-refractivity contribution in [2.45, 2.75) is 0 Å². The summed E-state index contributed by atoms with van der Waals surface area (Å²) in [5.74, 6) is 0. The summed E-state index contributed by atoms with van der Waals surface area (Å²) in [6.45, 7) is 0. The molecular formula is C24H17AsCl4. The van der Waals surface area contributed by atoms with Crippen molar-refractivity contribution in [3.63, 3.8) is 0 Å². The second-order valence-corrected chi connectivity index (χ2v) is 16.5. The van der Waals surface area contributed by atoms with Crippen LogP contribution in [0, 0.1) is 0 Å². The van der Waals surface area contributed by atoms with Crippen LogP contribution in [0.4, 0.5) is 0 Å². The summed E-state index contributed by atoms with van der Waals surface area (Å²) in [5.41, 5.74) is 0. The quantitative estimate of drug-likeness (QED) is 0.315. The van der Waals surface area contributed by atoms with Crippen molar-refractivity contribution in [2.75, 3.05) is 0 Å². The molecule has 0 saturated carbocycles. The van der Waals surface area contributed by atoms with Gasteiger partial charge in [-0.05, 0) is 0 Å². The van der Waals surface area contributed by atoms with E-state index >= 15 is 0 Å². The molecule has 0 aliphatic heterocycles. The van der Waals surface area contributed by atoms with E-state index in [0.717, 1.165) is 0 Å². The monoisotopic (exact) mass is 520 g/mol. The second-order valence-electron chi connectivity index (χ2n) is 6.78. The molecule has 29 heavy (non-hydrogen) atoms. The summed E-state index contributed by atoms with van der Waals surface area (Å²) in [4.78, 5) is 0. The zero-order valence-electron chi connectivity index (χ0n) is 15.2. The van der Waals surface area contributed by atoms with E-state index in [9.17, 15) is 0 Å². The molecule has 5 heteroatoms. The predicted molar refractivity (Wildman–Crippen MR) is 131 cm³/mol. The van der Waals surface area contributed by atoms with E-state index in [4.69, 9.17) is 46.4 Å². The zero-order chi connectivity index (χ0) is 20.4. The van der Waals surface area contributed by atoms with Crippen molar-refractivity contribution in [3.05, 3.63) is 117 Å². The van der Waals surface area contributed by atoms with Crippen LogP contribution in [0.3, 0.4) is 0 Å². The van der Waals surface area contributed by atoms with Gasteiger partial charge in [-0.15, -0.1) is 0 Å². The van der Waals surface area contributed by atoms with Crippen LogP contribution >= 0.6 is 46.4 Å². The Morgan fingerprint density at radius 2 is 0.483 bits per heavy atom. The van der Waals surface area contributed by atoms with Gasteiger partial charge in [0.15, 0.2) is 0 Å². The van der Waals surface area contributed by atoms with Gasteiger partial charge in [0.2, 0.25) is 0 Å². The van der Waals surface area contributed by atoms with Gasteiger partial charge in [0.25, 0.3) is 0 Å². The molecule has 0 saturated heterocycles. The first-order valence-corrected chi connectivity index (χ1v) is 14.7. The Labute approximate surface area is 193 Å². The summed E-state index contributed by atoms with van der Waals surface area (Å²) in [6, 6.07) is 32.8. The van der Waals surface area contributed by atoms with Crippen LogP contribution in [0.2, 0.25) is 20.1 Å². The Kier molecular flexibility index (Phi) is 6.30. The molecule has 0 fully saturated rings. The summed E-state index contributed by atoms with van der Waals surface area (Å²) < 4.78 is 5.06. The van der Waals surface area contributed by atoms with Gasteiger partial charge in [-0.3, -0.25) is 0 Å². The Morgan fingerprint density at radius 1 is 0.310 bits per heavy atom. The number of hydrogen-bond donors (Lipinski definition) is 0. The van der Waals surface area contributed by atoms with Gasteiger partial charge in [0.05, 0.1) is 0 Å². The third-order valence-electron chi connectivity index (χ3n) is 5.11. The number of halogens is 4. The van der Waals surface area contributed by atoms with E-state index in [-0.39, 0.29) is 0 Å². The van der Waals surface area contributed by atoms with Gasteiger partial charge in [-0.1, -0.05) is 0 Å². The van der Waals surface area contributed by atoms with Crippen LogP contribution in [0.1, 0.15) is 0 Å². The van der Waals surface area contributed by atoms with Gasteiger partial charge >= 0.3 is 195 Å². The predicted octanol–water partition coefficient (Wildman–Crippen LogP) is 5.41. The van der Waals surface area contributed by atoms with Crippen molar-refractivity contribution in [2.24, 2.45) is 0 Å². The minimum absolute atomic E-state index is 0.716. The van der Waals surface area contributed by atoms with E-state index in [1.807, 2.05) is 48.5 Å². The summed E-state index contributed by atoms with van der Waals surface area (Å²) in [7, 11) is 0. The molecule has 4 aromatic rings. The number of benzene rings is 4. The number of hydrogen-bond acceptors (Lipinski definition) is 0. The first-order chi connectivity index (χ1) is 14.0. The maximum atomic E-state index is 6.23. The molecule has 0 atom stereocenters. The fourth-order valence-electron chi connectivity index (χ4n) is 3.80. The number of rotatable bonds is 4. The van der Waals surface area contributed by atoms with Crippen LogP contribution in [-0.4, -0.2) is 13.6 Å². The van der Waals surface area contributed by atoms with Crippen LogP contribution in [0.15, 0.2) is 97.1 Å². The molecule has 0 amide bonds. The fraction of sp³-hybridized carbons (Fsp3) is 0. The molecule has 146 valence electrons. The molecule has 0 radical (unpaired) electrons. The zero-order valence-corrected chi connectivity index (χ0v) is 20.4. The minimum atomic E-state index is -3.34. The third-order valence-corrected chi connectivity index (χ3v) is 16.2. The molecule has 4 rings (SSSR count). The van der Waals surface area contributed by atoms with Crippen LogP contribution in [0.25, 0.3) is 0 Å². The normalized spacial score (nSPS) is 12.0. The van der Waals surface area contributed by atoms with Crippen molar-refractivity contribution in [1.29, 1.82) is 0 Å². The van der Waals surface area contributed by atoms with E-state index in [1.165, 1.54) is 17.4 Å². The molecule has 0 nitrogen and oxygen atoms in total. The molecule has 0 N–H and O–H groups in total. The molecule has 0 bridgehead atoms. The van der Waals surface area contributed by atoms with Gasteiger partial charge in [-0.2, -0.15) is 0 Å². The van der Waals surface area contributed by atoms with Gasteiger partial charge < -0.3 is 0 Å². The van der Waals surface area contributed by atoms with E-state index in [1.54, 1.807) is 0 Å². The Balaban J connectivity index is 2.11. The molecule has 0 aromatic heterocycles. The molecule has 0 unspecified atom stereocenters. The standard InChI is InChI=1S/C24H17AsCl4/c26-21-9-1-17(2-10-21)25(18-3-11-22(27)12-4-18,19-5-13-23(28)14-6-19)20-7-15-24(29)16-8-20/h1-16,25H. The average molecular weight is 522 g/mol. The van der Waals surface area contributed by atoms with Crippen molar-refractivity contribution in [3.8, 4) is 0 Å². The van der Waals surface area contributed by atoms with Crippen LogP contribution < -0.4 is 17.4 Å². The van der Waals surface area contributed by atoms with Gasteiger partial charge in [-0.25, -0.2) is 0 Å². The van der Waals surface area contributed by atoms with E-state index in [0.29, 0.717) is 20.1 Å². The third kappa shape index (κ3) is 4.11. The van der Waals surface area contributed by atoms with Crippen molar-refractivity contribution < 1.29 is 0 Å². The summed E-state index contributed by atoms with van der Waals surface area (Å²) in [6.07, 6.45) is 0. The molecule has 0 heterocycles. The molecular weight excluding hydrogens is 505 g/mol. The topological polar surface area (TPSA) is 0 Å². The first-order valence-electron chi connectivity index (χ1n) is 9.04. The first kappa shape index (κ1) is 20.9. The SMILES string of the molecule is Clc1ccc([AsH](c2ccc(Cl)cc2)(c2ccc(Cl)cc2)c2ccc(Cl)cc2)cc1. The van der Waals surface area contributed by atoms with Gasteiger partial charge in [0, 0.05) is 0 Å². The van der Waals surface area contributed by atoms with Crippen molar-refractivity contribution in [1.82, 2.24) is 0 Å². The van der Waals surface area contributed by atoms with E-state index in [2.05, 4.69) is 48.5 Å². The average Bonchev–Trinajstić information content (AvgIpc) is 2.73. The summed E-state index contributed by atoms with van der Waals surface area (Å²) in [5, 5.41) is 2.86. The fourth-order valence-corrected chi connectivity index (χ4v) is 14.1. The van der Waals surface area contributed by atoms with Crippen LogP contribution in [0.5, 0.6) is 0 Å². The maximum absolute atomic E-state index is 6.23. The molecule has 0 aliphatic rings.